The lowest BCUT2D eigenvalue weighted by Crippen LogP contribution is -2.42. The minimum atomic E-state index is 0.0198. The highest BCUT2D eigenvalue weighted by Gasteiger charge is 2.30. The van der Waals surface area contributed by atoms with Crippen LogP contribution in [0.1, 0.15) is 45.1 Å². The molecule has 1 amide bonds. The van der Waals surface area contributed by atoms with E-state index in [1.807, 2.05) is 17.0 Å². The first-order chi connectivity index (χ1) is 9.19. The Morgan fingerprint density at radius 1 is 1.42 bits per heavy atom. The fraction of sp³-hybridized carbons (Fsp3) is 0.562. The van der Waals surface area contributed by atoms with E-state index in [0.29, 0.717) is 6.04 Å². The van der Waals surface area contributed by atoms with E-state index in [2.05, 4.69) is 38.2 Å². The molecule has 1 N–H and O–H groups in total. The number of fused-ring (bicyclic) bond motifs is 1. The number of carbonyl (C=O) groups is 1. The molecule has 2 rings (SSSR count). The van der Waals surface area contributed by atoms with Gasteiger partial charge in [0.05, 0.1) is 5.92 Å². The summed E-state index contributed by atoms with van der Waals surface area (Å²) >= 11 is 0. The molecular weight excluding hydrogens is 236 g/mol. The van der Waals surface area contributed by atoms with Crippen molar-refractivity contribution in [3.8, 4) is 0 Å². The number of carbonyl (C=O) groups excluding carboxylic acids is 1. The Morgan fingerprint density at radius 2 is 2.16 bits per heavy atom. The van der Waals surface area contributed by atoms with Crippen molar-refractivity contribution in [3.63, 3.8) is 0 Å². The standard InChI is InChI=1S/C16H24N2O/c1-4-12(3)18(5-2)16(19)14-10-11-17-15-9-7-6-8-13(14)15/h6-9,12,14,17H,4-5,10-11H2,1-3H3. The highest BCUT2D eigenvalue weighted by atomic mass is 16.2. The topological polar surface area (TPSA) is 32.3 Å². The summed E-state index contributed by atoms with van der Waals surface area (Å²) in [6.07, 6.45) is 1.90. The van der Waals surface area contributed by atoms with E-state index in [4.69, 9.17) is 0 Å². The number of para-hydroxylation sites is 1. The number of hydrogen-bond acceptors (Lipinski definition) is 2. The molecule has 19 heavy (non-hydrogen) atoms. The number of hydrogen-bond donors (Lipinski definition) is 1. The summed E-state index contributed by atoms with van der Waals surface area (Å²) in [5.74, 6) is 0.303. The van der Waals surface area contributed by atoms with E-state index in [1.54, 1.807) is 0 Å². The molecule has 1 heterocycles. The van der Waals surface area contributed by atoms with Gasteiger partial charge in [-0.2, -0.15) is 0 Å². The van der Waals surface area contributed by atoms with E-state index < -0.39 is 0 Å². The zero-order valence-electron chi connectivity index (χ0n) is 12.1. The van der Waals surface area contributed by atoms with Crippen LogP contribution >= 0.6 is 0 Å². The van der Waals surface area contributed by atoms with Crippen molar-refractivity contribution >= 4 is 11.6 Å². The first-order valence-corrected chi connectivity index (χ1v) is 7.32. The fourth-order valence-corrected chi connectivity index (χ4v) is 2.83. The second-order valence-electron chi connectivity index (χ2n) is 5.24. The SMILES string of the molecule is CCC(C)N(CC)C(=O)C1CCNc2ccccc21. The Balaban J connectivity index is 2.25. The number of amides is 1. The average Bonchev–Trinajstić information content (AvgIpc) is 2.47. The summed E-state index contributed by atoms with van der Waals surface area (Å²) in [6, 6.07) is 8.50. The van der Waals surface area contributed by atoms with Gasteiger partial charge in [-0.3, -0.25) is 4.79 Å². The van der Waals surface area contributed by atoms with E-state index in [9.17, 15) is 4.79 Å². The molecule has 3 heteroatoms. The predicted molar refractivity (Wildman–Crippen MR) is 79.4 cm³/mol. The van der Waals surface area contributed by atoms with Crippen LogP contribution in [0.15, 0.2) is 24.3 Å². The summed E-state index contributed by atoms with van der Waals surface area (Å²) < 4.78 is 0. The third kappa shape index (κ3) is 2.75. The van der Waals surface area contributed by atoms with E-state index in [-0.39, 0.29) is 11.8 Å². The largest absolute Gasteiger partial charge is 0.385 e. The number of nitrogens with zero attached hydrogens (tertiary/aromatic N) is 1. The number of likely N-dealkylation sites (N-methyl/N-ethyl adjacent to an activating group) is 1. The molecule has 1 aliphatic heterocycles. The molecule has 0 radical (unpaired) electrons. The van der Waals surface area contributed by atoms with Crippen molar-refractivity contribution in [1.29, 1.82) is 0 Å². The summed E-state index contributed by atoms with van der Waals surface area (Å²) in [4.78, 5) is 14.8. The monoisotopic (exact) mass is 260 g/mol. The average molecular weight is 260 g/mol. The van der Waals surface area contributed by atoms with Crippen LogP contribution < -0.4 is 5.32 Å². The minimum Gasteiger partial charge on any atom is -0.385 e. The maximum absolute atomic E-state index is 12.8. The fourth-order valence-electron chi connectivity index (χ4n) is 2.83. The Morgan fingerprint density at radius 3 is 2.84 bits per heavy atom. The van der Waals surface area contributed by atoms with Crippen LogP contribution in [0.4, 0.5) is 5.69 Å². The van der Waals surface area contributed by atoms with Gasteiger partial charge in [0.15, 0.2) is 0 Å². The summed E-state index contributed by atoms with van der Waals surface area (Å²) in [6.45, 7) is 8.01. The second kappa shape index (κ2) is 6.09. The third-order valence-corrected chi connectivity index (χ3v) is 4.13. The van der Waals surface area contributed by atoms with Gasteiger partial charge in [0.2, 0.25) is 5.91 Å². The lowest BCUT2D eigenvalue weighted by molar-refractivity contribution is -0.134. The molecule has 0 aliphatic carbocycles. The third-order valence-electron chi connectivity index (χ3n) is 4.13. The van der Waals surface area contributed by atoms with Gasteiger partial charge in [0, 0.05) is 24.8 Å². The van der Waals surface area contributed by atoms with Crippen LogP contribution in [0, 0.1) is 0 Å². The lowest BCUT2D eigenvalue weighted by atomic mass is 9.89. The Bertz CT molecular complexity index is 444. The smallest absolute Gasteiger partial charge is 0.230 e. The van der Waals surface area contributed by atoms with Gasteiger partial charge < -0.3 is 10.2 Å². The number of anilines is 1. The summed E-state index contributed by atoms with van der Waals surface area (Å²) in [5, 5.41) is 3.38. The van der Waals surface area contributed by atoms with Crippen LogP contribution in [0.2, 0.25) is 0 Å². The summed E-state index contributed by atoms with van der Waals surface area (Å²) in [7, 11) is 0. The normalized spacial score (nSPS) is 19.2. The van der Waals surface area contributed by atoms with Crippen LogP contribution in [0.25, 0.3) is 0 Å². The van der Waals surface area contributed by atoms with Crippen molar-refractivity contribution in [2.75, 3.05) is 18.4 Å². The van der Waals surface area contributed by atoms with Gasteiger partial charge >= 0.3 is 0 Å². The molecule has 1 aromatic rings. The first kappa shape index (κ1) is 13.9. The van der Waals surface area contributed by atoms with Gasteiger partial charge in [-0.05, 0) is 38.3 Å². The Kier molecular flexibility index (Phi) is 4.46. The number of rotatable bonds is 4. The van der Waals surface area contributed by atoms with Gasteiger partial charge in [0.1, 0.15) is 0 Å². The van der Waals surface area contributed by atoms with Crippen molar-refractivity contribution in [1.82, 2.24) is 4.90 Å². The Labute approximate surface area is 116 Å². The molecular formula is C16H24N2O. The molecule has 1 aliphatic rings. The molecule has 0 spiro atoms. The zero-order valence-corrected chi connectivity index (χ0v) is 12.1. The van der Waals surface area contributed by atoms with Crippen molar-refractivity contribution in [2.45, 2.75) is 45.6 Å². The molecule has 104 valence electrons. The van der Waals surface area contributed by atoms with E-state index in [1.165, 1.54) is 0 Å². The lowest BCUT2D eigenvalue weighted by Gasteiger charge is -2.34. The van der Waals surface area contributed by atoms with Gasteiger partial charge in [-0.1, -0.05) is 25.1 Å². The number of benzene rings is 1. The van der Waals surface area contributed by atoms with Crippen LogP contribution in [-0.2, 0) is 4.79 Å². The molecule has 0 bridgehead atoms. The molecule has 2 unspecified atom stereocenters. The maximum Gasteiger partial charge on any atom is 0.230 e. The molecule has 0 saturated heterocycles. The van der Waals surface area contributed by atoms with Crippen molar-refractivity contribution in [2.24, 2.45) is 0 Å². The highest BCUT2D eigenvalue weighted by Crippen LogP contribution is 2.33. The summed E-state index contributed by atoms with van der Waals surface area (Å²) in [5.41, 5.74) is 2.27. The molecule has 2 atom stereocenters. The van der Waals surface area contributed by atoms with Crippen molar-refractivity contribution < 1.29 is 4.79 Å². The zero-order chi connectivity index (χ0) is 13.8. The van der Waals surface area contributed by atoms with Gasteiger partial charge in [-0.15, -0.1) is 0 Å². The van der Waals surface area contributed by atoms with Crippen LogP contribution in [-0.4, -0.2) is 29.9 Å². The molecule has 0 saturated carbocycles. The van der Waals surface area contributed by atoms with Gasteiger partial charge in [0.25, 0.3) is 0 Å². The van der Waals surface area contributed by atoms with Crippen molar-refractivity contribution in [3.05, 3.63) is 29.8 Å². The number of nitrogens with one attached hydrogen (secondary N) is 1. The van der Waals surface area contributed by atoms with E-state index >= 15 is 0 Å². The molecule has 1 aromatic carbocycles. The van der Waals surface area contributed by atoms with E-state index in [0.717, 1.165) is 37.2 Å². The maximum atomic E-state index is 12.8. The molecule has 0 aromatic heterocycles. The molecule has 0 fully saturated rings. The quantitative estimate of drug-likeness (QED) is 0.901. The van der Waals surface area contributed by atoms with Gasteiger partial charge in [-0.25, -0.2) is 0 Å². The predicted octanol–water partition coefficient (Wildman–Crippen LogP) is 3.23. The Hall–Kier alpha value is -1.51. The minimum absolute atomic E-state index is 0.0198. The van der Waals surface area contributed by atoms with Crippen LogP contribution in [0.5, 0.6) is 0 Å². The first-order valence-electron chi connectivity index (χ1n) is 7.32. The van der Waals surface area contributed by atoms with Crippen LogP contribution in [0.3, 0.4) is 0 Å². The second-order valence-corrected chi connectivity index (χ2v) is 5.24. The highest BCUT2D eigenvalue weighted by molar-refractivity contribution is 5.86. The molecule has 3 nitrogen and oxygen atoms in total.